The van der Waals surface area contributed by atoms with E-state index in [2.05, 4.69) is 15.5 Å². The third-order valence-corrected chi connectivity index (χ3v) is 4.39. The SMILES string of the molecule is Cc1n[nH]c(C)c1CNCc1ccc(S(C)(=O)=O)cc1. The van der Waals surface area contributed by atoms with Gasteiger partial charge in [0.15, 0.2) is 9.84 Å². The predicted molar refractivity (Wildman–Crippen MR) is 78.2 cm³/mol. The first-order chi connectivity index (χ1) is 9.38. The van der Waals surface area contributed by atoms with Crippen LogP contribution < -0.4 is 5.32 Å². The van der Waals surface area contributed by atoms with Crippen LogP contribution in [-0.2, 0) is 22.9 Å². The molecule has 0 atom stereocenters. The second-order valence-corrected chi connectivity index (χ2v) is 6.95. The summed E-state index contributed by atoms with van der Waals surface area (Å²) < 4.78 is 22.7. The van der Waals surface area contributed by atoms with E-state index in [-0.39, 0.29) is 0 Å². The molecule has 1 aromatic heterocycles. The van der Waals surface area contributed by atoms with E-state index in [9.17, 15) is 8.42 Å². The lowest BCUT2D eigenvalue weighted by molar-refractivity contribution is 0.601. The molecular weight excluding hydrogens is 274 g/mol. The van der Waals surface area contributed by atoms with Gasteiger partial charge in [-0.2, -0.15) is 5.10 Å². The third-order valence-electron chi connectivity index (χ3n) is 3.26. The zero-order valence-electron chi connectivity index (χ0n) is 11.9. The van der Waals surface area contributed by atoms with Crippen molar-refractivity contribution < 1.29 is 8.42 Å². The minimum atomic E-state index is -3.12. The van der Waals surface area contributed by atoms with Gasteiger partial charge in [0, 0.05) is 30.6 Å². The first kappa shape index (κ1) is 14.7. The van der Waals surface area contributed by atoms with Crippen LogP contribution in [0.4, 0.5) is 0 Å². The maximum atomic E-state index is 11.4. The molecule has 2 rings (SSSR count). The normalized spacial score (nSPS) is 11.8. The summed E-state index contributed by atoms with van der Waals surface area (Å²) in [7, 11) is -3.12. The second kappa shape index (κ2) is 5.76. The molecule has 0 bridgehead atoms. The molecule has 6 heteroatoms. The maximum absolute atomic E-state index is 11.4. The number of H-pyrrole nitrogens is 1. The summed E-state index contributed by atoms with van der Waals surface area (Å²) in [5, 5.41) is 10.4. The monoisotopic (exact) mass is 293 g/mol. The predicted octanol–water partition coefficient (Wildman–Crippen LogP) is 1.72. The maximum Gasteiger partial charge on any atom is 0.175 e. The van der Waals surface area contributed by atoms with E-state index in [1.165, 1.54) is 11.8 Å². The van der Waals surface area contributed by atoms with Crippen LogP contribution in [0.5, 0.6) is 0 Å². The van der Waals surface area contributed by atoms with E-state index in [1.807, 2.05) is 26.0 Å². The van der Waals surface area contributed by atoms with Gasteiger partial charge < -0.3 is 5.32 Å². The minimum absolute atomic E-state index is 0.350. The van der Waals surface area contributed by atoms with Gasteiger partial charge in [-0.15, -0.1) is 0 Å². The molecule has 1 aromatic carbocycles. The molecule has 0 saturated heterocycles. The van der Waals surface area contributed by atoms with Crippen molar-refractivity contribution >= 4 is 9.84 Å². The van der Waals surface area contributed by atoms with E-state index in [0.29, 0.717) is 11.4 Å². The van der Waals surface area contributed by atoms with Crippen molar-refractivity contribution in [3.63, 3.8) is 0 Å². The zero-order valence-corrected chi connectivity index (χ0v) is 12.7. The number of benzene rings is 1. The van der Waals surface area contributed by atoms with Crippen LogP contribution in [0, 0.1) is 13.8 Å². The number of hydrogen-bond donors (Lipinski definition) is 2. The number of nitrogens with zero attached hydrogens (tertiary/aromatic N) is 1. The Bertz CT molecular complexity index is 668. The highest BCUT2D eigenvalue weighted by atomic mass is 32.2. The fraction of sp³-hybridized carbons (Fsp3) is 0.357. The molecule has 108 valence electrons. The van der Waals surface area contributed by atoms with Gasteiger partial charge in [0.05, 0.1) is 10.6 Å². The standard InChI is InChI=1S/C14H19N3O2S/c1-10-14(11(2)17-16-10)9-15-8-12-4-6-13(7-5-12)20(3,18)19/h4-7,15H,8-9H2,1-3H3,(H,16,17). The molecule has 0 aliphatic heterocycles. The summed E-state index contributed by atoms with van der Waals surface area (Å²) in [5.74, 6) is 0. The molecule has 0 unspecified atom stereocenters. The highest BCUT2D eigenvalue weighted by Gasteiger charge is 2.07. The van der Waals surface area contributed by atoms with Gasteiger partial charge >= 0.3 is 0 Å². The summed E-state index contributed by atoms with van der Waals surface area (Å²) in [4.78, 5) is 0.350. The average molecular weight is 293 g/mol. The number of aryl methyl sites for hydroxylation is 2. The highest BCUT2D eigenvalue weighted by molar-refractivity contribution is 7.90. The Kier molecular flexibility index (Phi) is 4.25. The van der Waals surface area contributed by atoms with Crippen LogP contribution in [0.3, 0.4) is 0 Å². The molecule has 0 radical (unpaired) electrons. The molecule has 2 N–H and O–H groups in total. The molecule has 1 heterocycles. The Balaban J connectivity index is 1.95. The van der Waals surface area contributed by atoms with Crippen molar-refractivity contribution in [3.05, 3.63) is 46.8 Å². The largest absolute Gasteiger partial charge is 0.308 e. The van der Waals surface area contributed by atoms with Gasteiger partial charge in [0.25, 0.3) is 0 Å². The third kappa shape index (κ3) is 3.46. The van der Waals surface area contributed by atoms with E-state index in [1.54, 1.807) is 12.1 Å². The summed E-state index contributed by atoms with van der Waals surface area (Å²) in [6.07, 6.45) is 1.21. The Morgan fingerprint density at radius 3 is 2.30 bits per heavy atom. The van der Waals surface area contributed by atoms with Gasteiger partial charge in [-0.25, -0.2) is 8.42 Å². The van der Waals surface area contributed by atoms with Gasteiger partial charge in [-0.3, -0.25) is 5.10 Å². The van der Waals surface area contributed by atoms with Crippen LogP contribution in [0.25, 0.3) is 0 Å². The molecule has 0 amide bonds. The molecule has 0 aliphatic rings. The topological polar surface area (TPSA) is 74.8 Å². The number of rotatable bonds is 5. The van der Waals surface area contributed by atoms with Crippen molar-refractivity contribution in [2.75, 3.05) is 6.26 Å². The fourth-order valence-electron chi connectivity index (χ4n) is 2.02. The minimum Gasteiger partial charge on any atom is -0.308 e. The molecule has 0 spiro atoms. The van der Waals surface area contributed by atoms with E-state index >= 15 is 0 Å². The lowest BCUT2D eigenvalue weighted by Crippen LogP contribution is -2.13. The quantitative estimate of drug-likeness (QED) is 0.880. The summed E-state index contributed by atoms with van der Waals surface area (Å²) >= 11 is 0. The van der Waals surface area contributed by atoms with E-state index in [0.717, 1.165) is 23.5 Å². The summed E-state index contributed by atoms with van der Waals surface area (Å²) in [6, 6.07) is 6.94. The lowest BCUT2D eigenvalue weighted by atomic mass is 10.2. The van der Waals surface area contributed by atoms with Crippen LogP contribution >= 0.6 is 0 Å². The summed E-state index contributed by atoms with van der Waals surface area (Å²) in [6.45, 7) is 5.40. The number of aromatic amines is 1. The Morgan fingerprint density at radius 1 is 1.15 bits per heavy atom. The molecule has 0 fully saturated rings. The fourth-order valence-corrected chi connectivity index (χ4v) is 2.65. The van der Waals surface area contributed by atoms with Crippen LogP contribution in [0.1, 0.15) is 22.5 Å². The Labute approximate surface area is 119 Å². The number of nitrogens with one attached hydrogen (secondary N) is 2. The van der Waals surface area contributed by atoms with Gasteiger partial charge in [0.1, 0.15) is 0 Å². The van der Waals surface area contributed by atoms with Crippen LogP contribution in [0.15, 0.2) is 29.2 Å². The van der Waals surface area contributed by atoms with Crippen molar-refractivity contribution in [2.45, 2.75) is 31.8 Å². The first-order valence-corrected chi connectivity index (χ1v) is 8.27. The summed E-state index contributed by atoms with van der Waals surface area (Å²) in [5.41, 5.74) is 4.30. The molecule has 20 heavy (non-hydrogen) atoms. The molecule has 2 aromatic rings. The zero-order chi connectivity index (χ0) is 14.8. The van der Waals surface area contributed by atoms with Crippen molar-refractivity contribution in [1.82, 2.24) is 15.5 Å². The van der Waals surface area contributed by atoms with Gasteiger partial charge in [-0.05, 0) is 31.5 Å². The molecular formula is C14H19N3O2S. The number of sulfone groups is 1. The Hall–Kier alpha value is -1.66. The lowest BCUT2D eigenvalue weighted by Gasteiger charge is -2.06. The molecule has 5 nitrogen and oxygen atoms in total. The first-order valence-electron chi connectivity index (χ1n) is 6.38. The number of aromatic nitrogens is 2. The van der Waals surface area contributed by atoms with Crippen LogP contribution in [-0.4, -0.2) is 24.9 Å². The van der Waals surface area contributed by atoms with Crippen molar-refractivity contribution in [2.24, 2.45) is 0 Å². The molecule has 0 saturated carbocycles. The average Bonchev–Trinajstić information content (AvgIpc) is 2.70. The smallest absolute Gasteiger partial charge is 0.175 e. The van der Waals surface area contributed by atoms with Gasteiger partial charge in [-0.1, -0.05) is 12.1 Å². The van der Waals surface area contributed by atoms with Crippen LogP contribution in [0.2, 0.25) is 0 Å². The molecule has 0 aliphatic carbocycles. The van der Waals surface area contributed by atoms with Crippen molar-refractivity contribution in [3.8, 4) is 0 Å². The highest BCUT2D eigenvalue weighted by Crippen LogP contribution is 2.11. The van der Waals surface area contributed by atoms with Gasteiger partial charge in [0.2, 0.25) is 0 Å². The van der Waals surface area contributed by atoms with Crippen molar-refractivity contribution in [1.29, 1.82) is 0 Å². The number of hydrogen-bond acceptors (Lipinski definition) is 4. The van der Waals surface area contributed by atoms with E-state index < -0.39 is 9.84 Å². The Morgan fingerprint density at radius 2 is 1.80 bits per heavy atom. The second-order valence-electron chi connectivity index (χ2n) is 4.93. The van der Waals surface area contributed by atoms with E-state index in [4.69, 9.17) is 0 Å².